The second-order valence-corrected chi connectivity index (χ2v) is 7.64. The third-order valence-corrected chi connectivity index (χ3v) is 5.99. The summed E-state index contributed by atoms with van der Waals surface area (Å²) in [6.45, 7) is 0. The zero-order valence-corrected chi connectivity index (χ0v) is 12.7. The Hall–Kier alpha value is -1.77. The third kappa shape index (κ3) is 2.23. The smallest absolute Gasteiger partial charge is 0.161 e. The monoisotopic (exact) mass is 298 g/mol. The Morgan fingerprint density at radius 1 is 1.00 bits per heavy atom. The van der Waals surface area contributed by atoms with E-state index in [1.54, 1.807) is 18.2 Å². The maximum absolute atomic E-state index is 12.8. The highest BCUT2D eigenvalue weighted by molar-refractivity contribution is 5.98. The molecular weight excluding hydrogens is 276 g/mol. The Kier molecular flexibility index (Phi) is 3.07. The summed E-state index contributed by atoms with van der Waals surface area (Å²) in [6.07, 6.45) is 10.7. The molecule has 4 aliphatic carbocycles. The predicted octanol–water partition coefficient (Wildman–Crippen LogP) is 3.90. The van der Waals surface area contributed by atoms with Crippen LogP contribution >= 0.6 is 0 Å². The molecule has 5 rings (SSSR count). The standard InChI is InChI=1S/C19H22O3/c20-16-3-1-12(8-17(16)21)2-4-18(22)19-9-13-5-14(10-19)7-15(6-13)11-19/h1-4,8,13-15,20-21H,5-7,9-11H2. The maximum Gasteiger partial charge on any atom is 0.161 e. The molecule has 1 aromatic rings. The van der Waals surface area contributed by atoms with Gasteiger partial charge in [-0.15, -0.1) is 0 Å². The van der Waals surface area contributed by atoms with Gasteiger partial charge in [-0.05, 0) is 80.1 Å². The summed E-state index contributed by atoms with van der Waals surface area (Å²) in [5.74, 6) is 2.28. The molecule has 116 valence electrons. The van der Waals surface area contributed by atoms with Crippen LogP contribution in [0, 0.1) is 23.2 Å². The van der Waals surface area contributed by atoms with E-state index in [9.17, 15) is 15.0 Å². The van der Waals surface area contributed by atoms with E-state index in [1.807, 2.05) is 0 Å². The lowest BCUT2D eigenvalue weighted by Gasteiger charge is -2.55. The molecule has 0 aromatic heterocycles. The molecule has 4 bridgehead atoms. The van der Waals surface area contributed by atoms with Crippen LogP contribution < -0.4 is 0 Å². The van der Waals surface area contributed by atoms with Crippen molar-refractivity contribution in [1.82, 2.24) is 0 Å². The summed E-state index contributed by atoms with van der Waals surface area (Å²) >= 11 is 0. The summed E-state index contributed by atoms with van der Waals surface area (Å²) in [5, 5.41) is 18.9. The van der Waals surface area contributed by atoms with Gasteiger partial charge in [-0.1, -0.05) is 12.1 Å². The molecule has 3 heteroatoms. The molecule has 4 aliphatic rings. The molecule has 3 nitrogen and oxygen atoms in total. The molecule has 0 atom stereocenters. The lowest BCUT2D eigenvalue weighted by atomic mass is 9.48. The van der Waals surface area contributed by atoms with Crippen LogP contribution in [0.1, 0.15) is 44.1 Å². The summed E-state index contributed by atoms with van der Waals surface area (Å²) in [6, 6.07) is 4.64. The quantitative estimate of drug-likeness (QED) is 0.657. The molecule has 4 fully saturated rings. The van der Waals surface area contributed by atoms with Crippen molar-refractivity contribution in [1.29, 1.82) is 0 Å². The number of phenolic OH excluding ortho intramolecular Hbond substituents is 2. The van der Waals surface area contributed by atoms with Crippen LogP contribution in [-0.4, -0.2) is 16.0 Å². The number of carbonyl (C=O) groups is 1. The van der Waals surface area contributed by atoms with Gasteiger partial charge in [0, 0.05) is 5.41 Å². The molecule has 0 amide bonds. The average Bonchev–Trinajstić information content (AvgIpc) is 2.46. The van der Waals surface area contributed by atoms with Gasteiger partial charge in [0.05, 0.1) is 0 Å². The highest BCUT2D eigenvalue weighted by Gasteiger charge is 2.53. The van der Waals surface area contributed by atoms with E-state index in [0.717, 1.165) is 42.6 Å². The number of carbonyl (C=O) groups excluding carboxylic acids is 1. The van der Waals surface area contributed by atoms with Gasteiger partial charge < -0.3 is 10.2 Å². The second kappa shape index (κ2) is 4.87. The minimum Gasteiger partial charge on any atom is -0.504 e. The van der Waals surface area contributed by atoms with E-state index in [1.165, 1.54) is 31.4 Å². The van der Waals surface area contributed by atoms with Gasteiger partial charge in [0.1, 0.15) is 0 Å². The zero-order valence-electron chi connectivity index (χ0n) is 12.7. The van der Waals surface area contributed by atoms with E-state index in [0.29, 0.717) is 0 Å². The lowest BCUT2D eigenvalue weighted by Crippen LogP contribution is -2.49. The fourth-order valence-corrected chi connectivity index (χ4v) is 5.41. The molecule has 0 spiro atoms. The summed E-state index contributed by atoms with van der Waals surface area (Å²) < 4.78 is 0. The van der Waals surface area contributed by atoms with Crippen LogP contribution in [0.2, 0.25) is 0 Å². The van der Waals surface area contributed by atoms with E-state index in [-0.39, 0.29) is 22.7 Å². The molecular formula is C19H22O3. The van der Waals surface area contributed by atoms with Crippen molar-refractivity contribution in [2.75, 3.05) is 0 Å². The van der Waals surface area contributed by atoms with Crippen LogP contribution in [0.25, 0.3) is 6.08 Å². The first-order chi connectivity index (χ1) is 10.5. The van der Waals surface area contributed by atoms with E-state index < -0.39 is 0 Å². The number of hydrogen-bond donors (Lipinski definition) is 2. The van der Waals surface area contributed by atoms with Crippen molar-refractivity contribution in [3.8, 4) is 11.5 Å². The van der Waals surface area contributed by atoms with Crippen molar-refractivity contribution in [2.24, 2.45) is 23.2 Å². The molecule has 22 heavy (non-hydrogen) atoms. The Bertz CT molecular complexity index is 609. The van der Waals surface area contributed by atoms with Gasteiger partial charge in [-0.25, -0.2) is 0 Å². The normalized spacial score (nSPS) is 36.1. The van der Waals surface area contributed by atoms with Gasteiger partial charge in [-0.2, -0.15) is 0 Å². The predicted molar refractivity (Wildman–Crippen MR) is 84.4 cm³/mol. The van der Waals surface area contributed by atoms with Gasteiger partial charge >= 0.3 is 0 Å². The number of hydrogen-bond acceptors (Lipinski definition) is 3. The van der Waals surface area contributed by atoms with E-state index in [4.69, 9.17) is 0 Å². The fraction of sp³-hybridized carbons (Fsp3) is 0.526. The number of aromatic hydroxyl groups is 2. The molecule has 2 N–H and O–H groups in total. The Balaban J connectivity index is 1.54. The Morgan fingerprint density at radius 2 is 1.59 bits per heavy atom. The maximum atomic E-state index is 12.8. The average molecular weight is 298 g/mol. The highest BCUT2D eigenvalue weighted by atomic mass is 16.3. The number of ketones is 1. The summed E-state index contributed by atoms with van der Waals surface area (Å²) in [4.78, 5) is 12.8. The van der Waals surface area contributed by atoms with Crippen LogP contribution in [0.4, 0.5) is 0 Å². The van der Waals surface area contributed by atoms with Crippen molar-refractivity contribution in [3.63, 3.8) is 0 Å². The first kappa shape index (κ1) is 13.9. The molecule has 1 aromatic carbocycles. The number of rotatable bonds is 3. The summed E-state index contributed by atoms with van der Waals surface area (Å²) in [7, 11) is 0. The third-order valence-electron chi connectivity index (χ3n) is 5.99. The van der Waals surface area contributed by atoms with Gasteiger partial charge in [0.2, 0.25) is 0 Å². The molecule has 0 unspecified atom stereocenters. The van der Waals surface area contributed by atoms with Crippen LogP contribution in [0.3, 0.4) is 0 Å². The molecule has 0 radical (unpaired) electrons. The van der Waals surface area contributed by atoms with Gasteiger partial charge in [0.25, 0.3) is 0 Å². The Labute approximate surface area is 130 Å². The fourth-order valence-electron chi connectivity index (χ4n) is 5.41. The van der Waals surface area contributed by atoms with Gasteiger partial charge in [-0.3, -0.25) is 4.79 Å². The lowest BCUT2D eigenvalue weighted by molar-refractivity contribution is -0.138. The topological polar surface area (TPSA) is 57.5 Å². The minimum atomic E-state index is -0.149. The van der Waals surface area contributed by atoms with E-state index >= 15 is 0 Å². The molecule has 0 heterocycles. The largest absolute Gasteiger partial charge is 0.504 e. The van der Waals surface area contributed by atoms with Crippen molar-refractivity contribution >= 4 is 11.9 Å². The van der Waals surface area contributed by atoms with E-state index in [2.05, 4.69) is 0 Å². The van der Waals surface area contributed by atoms with Crippen LogP contribution in [0.15, 0.2) is 24.3 Å². The van der Waals surface area contributed by atoms with Crippen LogP contribution in [-0.2, 0) is 4.79 Å². The van der Waals surface area contributed by atoms with Crippen molar-refractivity contribution < 1.29 is 15.0 Å². The molecule has 0 aliphatic heterocycles. The highest BCUT2D eigenvalue weighted by Crippen LogP contribution is 2.60. The molecule has 4 saturated carbocycles. The van der Waals surface area contributed by atoms with Gasteiger partial charge in [0.15, 0.2) is 17.3 Å². The van der Waals surface area contributed by atoms with Crippen LogP contribution in [0.5, 0.6) is 11.5 Å². The first-order valence-electron chi connectivity index (χ1n) is 8.28. The van der Waals surface area contributed by atoms with Crippen molar-refractivity contribution in [3.05, 3.63) is 29.8 Å². The second-order valence-electron chi connectivity index (χ2n) is 7.64. The number of allylic oxidation sites excluding steroid dienone is 1. The summed E-state index contributed by atoms with van der Waals surface area (Å²) in [5.41, 5.74) is 0.637. The van der Waals surface area contributed by atoms with Crippen molar-refractivity contribution in [2.45, 2.75) is 38.5 Å². The SMILES string of the molecule is O=C(C=Cc1ccc(O)c(O)c1)C12CC3CC(CC(C3)C1)C2. The minimum absolute atomic E-state index is 0.107. The molecule has 0 saturated heterocycles. The number of phenols is 2. The zero-order chi connectivity index (χ0) is 15.3. The number of benzene rings is 1. The Morgan fingerprint density at radius 3 is 2.14 bits per heavy atom. The first-order valence-corrected chi connectivity index (χ1v) is 8.28.